The normalized spacial score (nSPS) is 12.4. The minimum absolute atomic E-state index is 0.345. The molecule has 0 aliphatic carbocycles. The third kappa shape index (κ3) is 3.83. The Morgan fingerprint density at radius 3 is 2.44 bits per heavy atom. The van der Waals surface area contributed by atoms with Gasteiger partial charge in [-0.1, -0.05) is 12.1 Å². The SMILES string of the molecule is CCOCCC(NC)c1ccc(OC)cc1. The average Bonchev–Trinajstić information content (AvgIpc) is 2.35. The van der Waals surface area contributed by atoms with Crippen LogP contribution in [0.2, 0.25) is 0 Å². The number of ether oxygens (including phenoxy) is 2. The van der Waals surface area contributed by atoms with Crippen LogP contribution in [0.15, 0.2) is 24.3 Å². The summed E-state index contributed by atoms with van der Waals surface area (Å²) in [5.74, 6) is 0.892. The van der Waals surface area contributed by atoms with Gasteiger partial charge in [0, 0.05) is 19.3 Å². The minimum atomic E-state index is 0.345. The van der Waals surface area contributed by atoms with E-state index in [9.17, 15) is 0 Å². The van der Waals surface area contributed by atoms with E-state index in [1.807, 2.05) is 26.1 Å². The number of rotatable bonds is 7. The van der Waals surface area contributed by atoms with E-state index in [1.165, 1.54) is 5.56 Å². The van der Waals surface area contributed by atoms with Crippen molar-refractivity contribution >= 4 is 0 Å². The zero-order chi connectivity index (χ0) is 11.8. The number of hydrogen-bond donors (Lipinski definition) is 1. The number of nitrogens with one attached hydrogen (secondary N) is 1. The van der Waals surface area contributed by atoms with Crippen molar-refractivity contribution in [1.82, 2.24) is 5.32 Å². The van der Waals surface area contributed by atoms with Gasteiger partial charge in [0.2, 0.25) is 0 Å². The van der Waals surface area contributed by atoms with E-state index in [-0.39, 0.29) is 0 Å². The van der Waals surface area contributed by atoms with Crippen LogP contribution in [0.1, 0.15) is 24.9 Å². The Morgan fingerprint density at radius 1 is 1.25 bits per heavy atom. The van der Waals surface area contributed by atoms with Crippen LogP contribution in [0.25, 0.3) is 0 Å². The zero-order valence-electron chi connectivity index (χ0n) is 10.3. The Morgan fingerprint density at radius 2 is 1.94 bits per heavy atom. The highest BCUT2D eigenvalue weighted by Gasteiger charge is 2.08. The molecule has 0 heterocycles. The second-order valence-electron chi connectivity index (χ2n) is 3.60. The summed E-state index contributed by atoms with van der Waals surface area (Å²) in [7, 11) is 3.65. The molecule has 0 bridgehead atoms. The van der Waals surface area contributed by atoms with Gasteiger partial charge < -0.3 is 14.8 Å². The fraction of sp³-hybridized carbons (Fsp3) is 0.538. The number of benzene rings is 1. The van der Waals surface area contributed by atoms with Crippen LogP contribution in [0.3, 0.4) is 0 Å². The summed E-state index contributed by atoms with van der Waals surface area (Å²) >= 11 is 0. The van der Waals surface area contributed by atoms with Gasteiger partial charge in [-0.05, 0) is 38.1 Å². The molecule has 1 atom stereocenters. The first-order valence-electron chi connectivity index (χ1n) is 5.70. The molecule has 0 saturated heterocycles. The van der Waals surface area contributed by atoms with Crippen molar-refractivity contribution in [2.45, 2.75) is 19.4 Å². The van der Waals surface area contributed by atoms with Crippen molar-refractivity contribution in [2.75, 3.05) is 27.4 Å². The van der Waals surface area contributed by atoms with Gasteiger partial charge in [-0.2, -0.15) is 0 Å². The van der Waals surface area contributed by atoms with E-state index < -0.39 is 0 Å². The molecule has 0 aliphatic rings. The van der Waals surface area contributed by atoms with Crippen LogP contribution in [-0.2, 0) is 4.74 Å². The summed E-state index contributed by atoms with van der Waals surface area (Å²) in [5.41, 5.74) is 1.27. The Bertz CT molecular complexity index is 284. The Hall–Kier alpha value is -1.06. The van der Waals surface area contributed by atoms with Crippen LogP contribution in [0, 0.1) is 0 Å². The molecule has 0 saturated carbocycles. The fourth-order valence-corrected chi connectivity index (χ4v) is 1.66. The standard InChI is InChI=1S/C13H21NO2/c1-4-16-10-9-13(14-2)11-5-7-12(15-3)8-6-11/h5-8,13-14H,4,9-10H2,1-3H3. The first kappa shape index (κ1) is 13.0. The highest BCUT2D eigenvalue weighted by molar-refractivity contribution is 5.29. The lowest BCUT2D eigenvalue weighted by molar-refractivity contribution is 0.137. The molecule has 1 N–H and O–H groups in total. The number of methoxy groups -OCH3 is 1. The monoisotopic (exact) mass is 223 g/mol. The van der Waals surface area contributed by atoms with Gasteiger partial charge in [0.05, 0.1) is 7.11 Å². The predicted molar refractivity (Wildman–Crippen MR) is 65.9 cm³/mol. The molecular weight excluding hydrogens is 202 g/mol. The lowest BCUT2D eigenvalue weighted by Crippen LogP contribution is -2.18. The maximum Gasteiger partial charge on any atom is 0.118 e. The van der Waals surface area contributed by atoms with Crippen molar-refractivity contribution in [3.8, 4) is 5.75 Å². The maximum atomic E-state index is 5.37. The molecule has 16 heavy (non-hydrogen) atoms. The maximum absolute atomic E-state index is 5.37. The summed E-state index contributed by atoms with van der Waals surface area (Å²) in [5, 5.41) is 3.29. The van der Waals surface area contributed by atoms with Gasteiger partial charge >= 0.3 is 0 Å². The molecule has 1 aromatic rings. The molecule has 0 spiro atoms. The van der Waals surface area contributed by atoms with Crippen molar-refractivity contribution < 1.29 is 9.47 Å². The second-order valence-corrected chi connectivity index (χ2v) is 3.60. The van der Waals surface area contributed by atoms with Crippen molar-refractivity contribution in [1.29, 1.82) is 0 Å². The van der Waals surface area contributed by atoms with Gasteiger partial charge in [-0.3, -0.25) is 0 Å². The second kappa shape index (κ2) is 7.25. The van der Waals surface area contributed by atoms with Crippen LogP contribution in [-0.4, -0.2) is 27.4 Å². The minimum Gasteiger partial charge on any atom is -0.497 e. The molecule has 0 amide bonds. The van der Waals surface area contributed by atoms with Gasteiger partial charge in [0.25, 0.3) is 0 Å². The highest BCUT2D eigenvalue weighted by atomic mass is 16.5. The molecule has 0 radical (unpaired) electrons. The average molecular weight is 223 g/mol. The van der Waals surface area contributed by atoms with E-state index >= 15 is 0 Å². The highest BCUT2D eigenvalue weighted by Crippen LogP contribution is 2.19. The molecule has 3 heteroatoms. The summed E-state index contributed by atoms with van der Waals surface area (Å²) in [4.78, 5) is 0. The molecule has 0 aromatic heterocycles. The van der Waals surface area contributed by atoms with Gasteiger partial charge in [0.1, 0.15) is 5.75 Å². The smallest absolute Gasteiger partial charge is 0.118 e. The van der Waals surface area contributed by atoms with E-state index in [0.29, 0.717) is 6.04 Å². The summed E-state index contributed by atoms with van der Waals surface area (Å²) in [6.45, 7) is 3.58. The molecular formula is C13H21NO2. The van der Waals surface area contributed by atoms with Crippen LogP contribution < -0.4 is 10.1 Å². The van der Waals surface area contributed by atoms with E-state index in [1.54, 1.807) is 7.11 Å². The van der Waals surface area contributed by atoms with Gasteiger partial charge in [-0.25, -0.2) is 0 Å². The van der Waals surface area contributed by atoms with E-state index in [0.717, 1.165) is 25.4 Å². The predicted octanol–water partition coefficient (Wildman–Crippen LogP) is 2.38. The Kier molecular flexibility index (Phi) is 5.90. The zero-order valence-corrected chi connectivity index (χ0v) is 10.3. The first-order chi connectivity index (χ1) is 7.81. The van der Waals surface area contributed by atoms with E-state index in [2.05, 4.69) is 17.4 Å². The summed E-state index contributed by atoms with van der Waals surface area (Å²) < 4.78 is 10.5. The largest absolute Gasteiger partial charge is 0.497 e. The van der Waals surface area contributed by atoms with Crippen LogP contribution in [0.5, 0.6) is 5.75 Å². The van der Waals surface area contributed by atoms with Gasteiger partial charge in [0.15, 0.2) is 0 Å². The van der Waals surface area contributed by atoms with Crippen molar-refractivity contribution in [3.63, 3.8) is 0 Å². The summed E-state index contributed by atoms with van der Waals surface area (Å²) in [6, 6.07) is 8.50. The molecule has 0 aliphatic heterocycles. The first-order valence-corrected chi connectivity index (χ1v) is 5.70. The third-order valence-corrected chi connectivity index (χ3v) is 2.62. The molecule has 3 nitrogen and oxygen atoms in total. The van der Waals surface area contributed by atoms with E-state index in [4.69, 9.17) is 9.47 Å². The van der Waals surface area contributed by atoms with Gasteiger partial charge in [-0.15, -0.1) is 0 Å². The molecule has 1 unspecified atom stereocenters. The molecule has 1 aromatic carbocycles. The van der Waals surface area contributed by atoms with Crippen LogP contribution >= 0.6 is 0 Å². The lowest BCUT2D eigenvalue weighted by atomic mass is 10.0. The van der Waals surface area contributed by atoms with Crippen molar-refractivity contribution in [3.05, 3.63) is 29.8 Å². The Balaban J connectivity index is 2.56. The quantitative estimate of drug-likeness (QED) is 0.720. The molecule has 90 valence electrons. The summed E-state index contributed by atoms with van der Waals surface area (Å²) in [6.07, 6.45) is 0.983. The Labute approximate surface area is 97.8 Å². The third-order valence-electron chi connectivity index (χ3n) is 2.62. The number of hydrogen-bond acceptors (Lipinski definition) is 3. The topological polar surface area (TPSA) is 30.5 Å². The molecule has 1 rings (SSSR count). The molecule has 0 fully saturated rings. The lowest BCUT2D eigenvalue weighted by Gasteiger charge is -2.16. The van der Waals surface area contributed by atoms with Crippen molar-refractivity contribution in [2.24, 2.45) is 0 Å². The fourth-order valence-electron chi connectivity index (χ4n) is 1.66. The van der Waals surface area contributed by atoms with Crippen LogP contribution in [0.4, 0.5) is 0 Å².